The highest BCUT2D eigenvalue weighted by Crippen LogP contribution is 2.15. The van der Waals surface area contributed by atoms with E-state index in [4.69, 9.17) is 14.2 Å². The molecule has 1 N–H and O–H groups in total. The fourth-order valence-corrected chi connectivity index (χ4v) is 7.26. The van der Waals surface area contributed by atoms with E-state index in [2.05, 4.69) is 38.2 Å². The fraction of sp³-hybridized carbons (Fsp3) is 0.860. The number of carboxylic acids is 1. The summed E-state index contributed by atoms with van der Waals surface area (Å²) in [5, 5.41) is 9.64. The average Bonchev–Trinajstić information content (AvgIpc) is 3.18. The standard InChI is InChI=1S/C50H93NO7/c1-6-8-10-12-14-16-18-20-22-24-25-27-29-31-33-35-37-39-41-49(53)58-46(44-56-43-42-47(50(54)55)51(3,4)5)45-57-48(52)40-38-36-34-32-30-28-26-23-21-19-17-15-13-11-9-7-2/h22-24,26,46-47H,6-21,25,27-45H2,1-5H3/p+1/b24-22-,26-23-. The third-order valence-electron chi connectivity index (χ3n) is 11.1. The molecule has 2 atom stereocenters. The number of carbonyl (C=O) groups is 3. The number of carboxylic acid groups (broad SMARTS) is 1. The van der Waals surface area contributed by atoms with Crippen molar-refractivity contribution in [3.05, 3.63) is 24.3 Å². The van der Waals surface area contributed by atoms with E-state index in [1.165, 1.54) is 148 Å². The van der Waals surface area contributed by atoms with Crippen LogP contribution in [0.15, 0.2) is 24.3 Å². The minimum atomic E-state index is -0.875. The number of carbonyl (C=O) groups excluding carboxylic acids is 2. The van der Waals surface area contributed by atoms with Crippen LogP contribution >= 0.6 is 0 Å². The summed E-state index contributed by atoms with van der Waals surface area (Å²) in [6, 6.07) is -0.614. The Morgan fingerprint density at radius 3 is 1.24 bits per heavy atom. The van der Waals surface area contributed by atoms with E-state index in [0.717, 1.165) is 44.9 Å². The molecule has 0 bridgehead atoms. The number of rotatable bonds is 44. The van der Waals surface area contributed by atoms with Crippen molar-refractivity contribution in [2.75, 3.05) is 41.0 Å². The molecule has 0 aromatic rings. The van der Waals surface area contributed by atoms with Gasteiger partial charge in [-0.3, -0.25) is 9.59 Å². The number of ether oxygens (including phenoxy) is 3. The summed E-state index contributed by atoms with van der Waals surface area (Å²) < 4.78 is 17.3. The van der Waals surface area contributed by atoms with Gasteiger partial charge in [-0.25, -0.2) is 4.79 Å². The highest BCUT2D eigenvalue weighted by atomic mass is 16.6. The van der Waals surface area contributed by atoms with Gasteiger partial charge in [-0.05, 0) is 64.2 Å². The van der Waals surface area contributed by atoms with E-state index in [0.29, 0.717) is 19.3 Å². The third-order valence-corrected chi connectivity index (χ3v) is 11.1. The number of unbranched alkanes of at least 4 members (excludes halogenated alkanes) is 26. The van der Waals surface area contributed by atoms with E-state index in [-0.39, 0.29) is 36.2 Å². The first-order chi connectivity index (χ1) is 28.1. The summed E-state index contributed by atoms with van der Waals surface area (Å²) in [6.07, 6.45) is 46.5. The molecule has 0 aliphatic carbocycles. The van der Waals surface area contributed by atoms with Crippen LogP contribution in [0.5, 0.6) is 0 Å². The molecule has 0 heterocycles. The quantitative estimate of drug-likeness (QED) is 0.0283. The summed E-state index contributed by atoms with van der Waals surface area (Å²) in [4.78, 5) is 37.1. The van der Waals surface area contributed by atoms with E-state index >= 15 is 0 Å². The normalized spacial score (nSPS) is 13.1. The second-order valence-electron chi connectivity index (χ2n) is 17.7. The first kappa shape index (κ1) is 55.8. The van der Waals surface area contributed by atoms with Crippen LogP contribution in [0.3, 0.4) is 0 Å². The van der Waals surface area contributed by atoms with Crippen LogP contribution in [0.1, 0.15) is 226 Å². The van der Waals surface area contributed by atoms with Crippen molar-refractivity contribution in [3.8, 4) is 0 Å². The maximum atomic E-state index is 12.8. The molecule has 0 aromatic carbocycles. The Hall–Kier alpha value is -2.19. The van der Waals surface area contributed by atoms with Gasteiger partial charge in [0.05, 0.1) is 34.4 Å². The molecule has 0 fully saturated rings. The van der Waals surface area contributed by atoms with Crippen molar-refractivity contribution in [3.63, 3.8) is 0 Å². The zero-order chi connectivity index (χ0) is 42.8. The Labute approximate surface area is 358 Å². The summed E-state index contributed by atoms with van der Waals surface area (Å²) in [5.74, 6) is -1.47. The molecule has 340 valence electrons. The lowest BCUT2D eigenvalue weighted by atomic mass is 10.1. The Kier molecular flexibility index (Phi) is 40.0. The van der Waals surface area contributed by atoms with Crippen molar-refractivity contribution >= 4 is 17.9 Å². The molecule has 0 aliphatic heterocycles. The second kappa shape index (κ2) is 41.5. The van der Waals surface area contributed by atoms with Gasteiger partial charge in [-0.1, -0.05) is 167 Å². The van der Waals surface area contributed by atoms with Gasteiger partial charge < -0.3 is 23.8 Å². The molecule has 2 unspecified atom stereocenters. The number of quaternary nitrogens is 1. The molecular weight excluding hydrogens is 727 g/mol. The second-order valence-corrected chi connectivity index (χ2v) is 17.7. The SMILES string of the molecule is CCCCCCCCC/C=C\CCCCCCCCCC(=O)OC(COCCC(C(=O)O)[N+](C)(C)C)COC(=O)CCCCCCC/C=C\CCCCCCCCC. The molecule has 0 aromatic heterocycles. The summed E-state index contributed by atoms with van der Waals surface area (Å²) >= 11 is 0. The molecule has 0 spiro atoms. The summed E-state index contributed by atoms with van der Waals surface area (Å²) in [5.41, 5.74) is 0. The van der Waals surface area contributed by atoms with Crippen molar-refractivity contribution < 1.29 is 38.2 Å². The van der Waals surface area contributed by atoms with Crippen LogP contribution in [-0.4, -0.2) is 80.6 Å². The van der Waals surface area contributed by atoms with Crippen LogP contribution < -0.4 is 0 Å². The molecule has 0 saturated carbocycles. The van der Waals surface area contributed by atoms with Crippen LogP contribution in [0.4, 0.5) is 0 Å². The molecule has 8 heteroatoms. The van der Waals surface area contributed by atoms with E-state index in [1.54, 1.807) is 0 Å². The molecular formula is C50H94NO7+. The molecule has 8 nitrogen and oxygen atoms in total. The largest absolute Gasteiger partial charge is 0.477 e. The predicted octanol–water partition coefficient (Wildman–Crippen LogP) is 13.6. The van der Waals surface area contributed by atoms with Crippen molar-refractivity contribution in [2.24, 2.45) is 0 Å². The van der Waals surface area contributed by atoms with E-state index < -0.39 is 18.1 Å². The molecule has 0 aliphatic rings. The number of hydrogen-bond acceptors (Lipinski definition) is 6. The van der Waals surface area contributed by atoms with Gasteiger partial charge in [-0.15, -0.1) is 0 Å². The summed E-state index contributed by atoms with van der Waals surface area (Å²) in [6.45, 7) is 4.74. The minimum Gasteiger partial charge on any atom is -0.477 e. The lowest BCUT2D eigenvalue weighted by Gasteiger charge is -2.31. The zero-order valence-electron chi connectivity index (χ0n) is 38.8. The maximum absolute atomic E-state index is 12.8. The smallest absolute Gasteiger partial charge is 0.362 e. The van der Waals surface area contributed by atoms with Crippen LogP contribution in [0.2, 0.25) is 0 Å². The van der Waals surface area contributed by atoms with Gasteiger partial charge in [0.15, 0.2) is 12.1 Å². The zero-order valence-corrected chi connectivity index (χ0v) is 38.8. The summed E-state index contributed by atoms with van der Waals surface area (Å²) in [7, 11) is 5.53. The first-order valence-electron chi connectivity index (χ1n) is 24.4. The number of hydrogen-bond donors (Lipinski definition) is 1. The lowest BCUT2D eigenvalue weighted by molar-refractivity contribution is -0.887. The van der Waals surface area contributed by atoms with Crippen LogP contribution in [0, 0.1) is 0 Å². The molecule has 58 heavy (non-hydrogen) atoms. The fourth-order valence-electron chi connectivity index (χ4n) is 7.26. The average molecular weight is 821 g/mol. The Balaban J connectivity index is 4.29. The lowest BCUT2D eigenvalue weighted by Crippen LogP contribution is -2.50. The van der Waals surface area contributed by atoms with Crippen molar-refractivity contribution in [1.82, 2.24) is 0 Å². The predicted molar refractivity (Wildman–Crippen MR) is 243 cm³/mol. The molecule has 0 amide bonds. The Morgan fingerprint density at radius 1 is 0.500 bits per heavy atom. The Morgan fingerprint density at radius 2 is 0.862 bits per heavy atom. The number of aliphatic carboxylic acids is 1. The van der Waals surface area contributed by atoms with Crippen LogP contribution in [0.25, 0.3) is 0 Å². The topological polar surface area (TPSA) is 99.1 Å². The maximum Gasteiger partial charge on any atom is 0.362 e. The van der Waals surface area contributed by atoms with Crippen LogP contribution in [-0.2, 0) is 28.6 Å². The molecule has 0 rings (SSSR count). The first-order valence-corrected chi connectivity index (χ1v) is 24.4. The number of nitrogens with zero attached hydrogens (tertiary/aromatic N) is 1. The van der Waals surface area contributed by atoms with Gasteiger partial charge in [0, 0.05) is 19.3 Å². The number of allylic oxidation sites excluding steroid dienone is 4. The number of likely N-dealkylation sites (N-methyl/N-ethyl adjacent to an activating group) is 1. The van der Waals surface area contributed by atoms with Crippen molar-refractivity contribution in [1.29, 1.82) is 0 Å². The third kappa shape index (κ3) is 39.3. The molecule has 0 saturated heterocycles. The van der Waals surface area contributed by atoms with Gasteiger partial charge in [-0.2, -0.15) is 0 Å². The van der Waals surface area contributed by atoms with Gasteiger partial charge in [0.2, 0.25) is 0 Å². The minimum absolute atomic E-state index is 0.0538. The highest BCUT2D eigenvalue weighted by molar-refractivity contribution is 5.72. The van der Waals surface area contributed by atoms with Gasteiger partial charge in [0.25, 0.3) is 0 Å². The van der Waals surface area contributed by atoms with Gasteiger partial charge >= 0.3 is 17.9 Å². The molecule has 0 radical (unpaired) electrons. The van der Waals surface area contributed by atoms with E-state index in [1.807, 2.05) is 21.1 Å². The van der Waals surface area contributed by atoms with Crippen molar-refractivity contribution in [2.45, 2.75) is 238 Å². The highest BCUT2D eigenvalue weighted by Gasteiger charge is 2.31. The van der Waals surface area contributed by atoms with E-state index in [9.17, 15) is 19.5 Å². The Bertz CT molecular complexity index is 1000. The number of esters is 2. The monoisotopic (exact) mass is 821 g/mol. The van der Waals surface area contributed by atoms with Gasteiger partial charge in [0.1, 0.15) is 6.61 Å².